The zero-order valence-corrected chi connectivity index (χ0v) is 15.0. The number of nitrogens with one attached hydrogen (secondary N) is 2. The smallest absolute Gasteiger partial charge is 0.329 e. The number of aryl methyl sites for hydroxylation is 1. The lowest BCUT2D eigenvalue weighted by atomic mass is 10.2. The lowest BCUT2D eigenvalue weighted by molar-refractivity contribution is -0.139. The van der Waals surface area contributed by atoms with Crippen LogP contribution in [0.4, 0.5) is 0 Å². The maximum atomic E-state index is 11.8. The zero-order chi connectivity index (χ0) is 19.2. The van der Waals surface area contributed by atoms with Crippen LogP contribution in [-0.2, 0) is 16.1 Å². The first-order chi connectivity index (χ1) is 13.1. The van der Waals surface area contributed by atoms with Gasteiger partial charge < -0.3 is 9.73 Å². The molecule has 0 saturated carbocycles. The Morgan fingerprint density at radius 2 is 1.93 bits per heavy atom. The highest BCUT2D eigenvalue weighted by atomic mass is 16.3. The Labute approximate surface area is 155 Å². The molecule has 0 fully saturated rings. The molecule has 27 heavy (non-hydrogen) atoms. The van der Waals surface area contributed by atoms with Crippen LogP contribution < -0.4 is 10.7 Å². The fourth-order valence-electron chi connectivity index (χ4n) is 2.53. The van der Waals surface area contributed by atoms with Gasteiger partial charge in [-0.1, -0.05) is 18.2 Å². The molecule has 2 aromatic heterocycles. The lowest BCUT2D eigenvalue weighted by Crippen LogP contribution is -2.37. The summed E-state index contributed by atoms with van der Waals surface area (Å²) in [6, 6.07) is 13.1. The number of hydrogen-bond donors (Lipinski definition) is 2. The molecule has 2 amide bonds. The van der Waals surface area contributed by atoms with Crippen molar-refractivity contribution in [1.29, 1.82) is 0 Å². The summed E-state index contributed by atoms with van der Waals surface area (Å²) in [6.45, 7) is 3.89. The van der Waals surface area contributed by atoms with E-state index in [0.717, 1.165) is 22.6 Å². The predicted octanol–water partition coefficient (Wildman–Crippen LogP) is 1.85. The molecule has 0 aliphatic rings. The number of carbonyl (C=O) groups excluding carboxylic acids is 2. The highest BCUT2D eigenvalue weighted by Gasteiger charge is 2.14. The van der Waals surface area contributed by atoms with E-state index in [1.165, 1.54) is 12.5 Å². The number of hydrogen-bond acceptors (Lipinski definition) is 5. The summed E-state index contributed by atoms with van der Waals surface area (Å²) in [4.78, 5) is 23.5. The molecule has 8 heteroatoms. The first-order valence-electron chi connectivity index (χ1n) is 8.31. The van der Waals surface area contributed by atoms with Crippen molar-refractivity contribution in [3.8, 4) is 5.69 Å². The molecule has 0 radical (unpaired) electrons. The Morgan fingerprint density at radius 1 is 1.15 bits per heavy atom. The standard InChI is InChI=1S/C19H19N5O3/c1-13-17(14(2)24(23-13)15-7-4-3-5-8-15)12-21-22-19(26)18(25)20-11-16-9-6-10-27-16/h3-10,12H,11H2,1-2H3,(H,20,25)(H,22,26)/b21-12-. The minimum Gasteiger partial charge on any atom is -0.467 e. The molecule has 0 bridgehead atoms. The molecule has 2 heterocycles. The van der Waals surface area contributed by atoms with Crippen molar-refractivity contribution in [3.05, 3.63) is 71.4 Å². The molecule has 1 aromatic carbocycles. The molecule has 3 aromatic rings. The fraction of sp³-hybridized carbons (Fsp3) is 0.158. The topological polar surface area (TPSA) is 102 Å². The van der Waals surface area contributed by atoms with Gasteiger partial charge in [-0.25, -0.2) is 10.1 Å². The van der Waals surface area contributed by atoms with Gasteiger partial charge in [-0.15, -0.1) is 0 Å². The van der Waals surface area contributed by atoms with E-state index >= 15 is 0 Å². The number of rotatable bonds is 5. The van der Waals surface area contributed by atoms with Gasteiger partial charge in [0.05, 0.1) is 36.1 Å². The van der Waals surface area contributed by atoms with Crippen molar-refractivity contribution in [2.75, 3.05) is 0 Å². The minimum atomic E-state index is -0.858. The third-order valence-electron chi connectivity index (χ3n) is 3.92. The van der Waals surface area contributed by atoms with Gasteiger partial charge in [0.15, 0.2) is 0 Å². The molecule has 0 unspecified atom stereocenters. The van der Waals surface area contributed by atoms with Gasteiger partial charge in [-0.3, -0.25) is 9.59 Å². The van der Waals surface area contributed by atoms with Crippen molar-refractivity contribution in [2.24, 2.45) is 5.10 Å². The summed E-state index contributed by atoms with van der Waals surface area (Å²) in [5.74, 6) is -1.10. The van der Waals surface area contributed by atoms with Crippen molar-refractivity contribution in [2.45, 2.75) is 20.4 Å². The monoisotopic (exact) mass is 365 g/mol. The number of para-hydroxylation sites is 1. The molecule has 3 rings (SSSR count). The van der Waals surface area contributed by atoms with Gasteiger partial charge in [0.25, 0.3) is 0 Å². The van der Waals surface area contributed by atoms with Crippen molar-refractivity contribution < 1.29 is 14.0 Å². The highest BCUT2D eigenvalue weighted by molar-refractivity contribution is 6.35. The minimum absolute atomic E-state index is 0.130. The maximum absolute atomic E-state index is 11.8. The van der Waals surface area contributed by atoms with Gasteiger partial charge in [0.1, 0.15) is 5.76 Å². The summed E-state index contributed by atoms with van der Waals surface area (Å²) in [6.07, 6.45) is 2.97. The number of carbonyl (C=O) groups is 2. The second kappa shape index (κ2) is 8.13. The Hall–Kier alpha value is -3.68. The summed E-state index contributed by atoms with van der Waals surface area (Å²) >= 11 is 0. The summed E-state index contributed by atoms with van der Waals surface area (Å²) in [7, 11) is 0. The molecule has 2 N–H and O–H groups in total. The molecule has 0 aliphatic heterocycles. The van der Waals surface area contributed by atoms with Crippen LogP contribution in [0.5, 0.6) is 0 Å². The maximum Gasteiger partial charge on any atom is 0.329 e. The number of aromatic nitrogens is 2. The largest absolute Gasteiger partial charge is 0.467 e. The van der Waals surface area contributed by atoms with Crippen LogP contribution in [-0.4, -0.2) is 27.8 Å². The molecule has 0 saturated heterocycles. The van der Waals surface area contributed by atoms with Gasteiger partial charge in [-0.05, 0) is 38.1 Å². The molecule has 0 aliphatic carbocycles. The third kappa shape index (κ3) is 4.30. The second-order valence-electron chi connectivity index (χ2n) is 5.79. The summed E-state index contributed by atoms with van der Waals surface area (Å²) < 4.78 is 6.88. The van der Waals surface area contributed by atoms with E-state index in [1.807, 2.05) is 44.2 Å². The van der Waals surface area contributed by atoms with Crippen LogP contribution in [0.15, 0.2) is 58.2 Å². The molecule has 138 valence electrons. The number of amides is 2. The van der Waals surface area contributed by atoms with E-state index in [9.17, 15) is 9.59 Å². The summed E-state index contributed by atoms with van der Waals surface area (Å²) in [5.41, 5.74) is 5.55. The SMILES string of the molecule is Cc1nn(-c2ccccc2)c(C)c1/C=N\NC(=O)C(=O)NCc1ccco1. The molecule has 0 atom stereocenters. The van der Waals surface area contributed by atoms with Crippen LogP contribution in [0, 0.1) is 13.8 Å². The van der Waals surface area contributed by atoms with Crippen molar-refractivity contribution >= 4 is 18.0 Å². The number of benzene rings is 1. The Bertz CT molecular complexity index is 959. The van der Waals surface area contributed by atoms with Gasteiger partial charge in [0.2, 0.25) is 0 Å². The molecule has 0 spiro atoms. The molecule has 8 nitrogen and oxygen atoms in total. The second-order valence-corrected chi connectivity index (χ2v) is 5.79. The predicted molar refractivity (Wildman–Crippen MR) is 99.3 cm³/mol. The van der Waals surface area contributed by atoms with Gasteiger partial charge in [-0.2, -0.15) is 10.2 Å². The van der Waals surface area contributed by atoms with Crippen molar-refractivity contribution in [1.82, 2.24) is 20.5 Å². The van der Waals surface area contributed by atoms with Crippen LogP contribution in [0.3, 0.4) is 0 Å². The molecular weight excluding hydrogens is 346 g/mol. The van der Waals surface area contributed by atoms with E-state index < -0.39 is 11.8 Å². The van der Waals surface area contributed by atoms with Crippen LogP contribution >= 0.6 is 0 Å². The third-order valence-corrected chi connectivity index (χ3v) is 3.92. The van der Waals surface area contributed by atoms with E-state index in [-0.39, 0.29) is 6.54 Å². The Kier molecular flexibility index (Phi) is 5.46. The first kappa shape index (κ1) is 18.1. The van der Waals surface area contributed by atoms with Gasteiger partial charge >= 0.3 is 11.8 Å². The number of nitrogens with zero attached hydrogens (tertiary/aromatic N) is 3. The first-order valence-corrected chi connectivity index (χ1v) is 8.31. The van der Waals surface area contributed by atoms with E-state index in [4.69, 9.17) is 4.42 Å². The number of furan rings is 1. The Balaban J connectivity index is 1.62. The van der Waals surface area contributed by atoms with Crippen LogP contribution in [0.2, 0.25) is 0 Å². The normalized spacial score (nSPS) is 10.9. The van der Waals surface area contributed by atoms with Crippen molar-refractivity contribution in [3.63, 3.8) is 0 Å². The summed E-state index contributed by atoms with van der Waals surface area (Å²) in [5, 5.41) is 10.8. The van der Waals surface area contributed by atoms with Gasteiger partial charge in [0, 0.05) is 5.56 Å². The quantitative estimate of drug-likeness (QED) is 0.409. The molecular formula is C19H19N5O3. The van der Waals surface area contributed by atoms with E-state index in [1.54, 1.807) is 16.8 Å². The van der Waals surface area contributed by atoms with Crippen LogP contribution in [0.25, 0.3) is 5.69 Å². The number of hydrazone groups is 1. The van der Waals surface area contributed by atoms with E-state index in [0.29, 0.717) is 5.76 Å². The lowest BCUT2D eigenvalue weighted by Gasteiger charge is -2.03. The van der Waals surface area contributed by atoms with E-state index in [2.05, 4.69) is 20.9 Å². The zero-order valence-electron chi connectivity index (χ0n) is 15.0. The average molecular weight is 365 g/mol. The average Bonchev–Trinajstić information content (AvgIpc) is 3.29. The fourth-order valence-corrected chi connectivity index (χ4v) is 2.53. The van der Waals surface area contributed by atoms with Crippen LogP contribution in [0.1, 0.15) is 22.7 Å². The highest BCUT2D eigenvalue weighted by Crippen LogP contribution is 2.15. The Morgan fingerprint density at radius 3 is 2.63 bits per heavy atom.